The average molecular weight is 291 g/mol. The van der Waals surface area contributed by atoms with Gasteiger partial charge in [0, 0.05) is 56.1 Å². The van der Waals surface area contributed by atoms with Gasteiger partial charge in [0.1, 0.15) is 0 Å². The first-order valence-electron chi connectivity index (χ1n) is 7.93. The predicted octanol–water partition coefficient (Wildman–Crippen LogP) is 1.88. The minimum Gasteiger partial charge on any atom is -0.395 e. The molecule has 0 saturated carbocycles. The molecule has 0 aromatic carbocycles. The van der Waals surface area contributed by atoms with E-state index < -0.39 is 0 Å². The van der Waals surface area contributed by atoms with Crippen molar-refractivity contribution >= 4 is 0 Å². The average Bonchev–Trinajstić information content (AvgIpc) is 2.42. The van der Waals surface area contributed by atoms with E-state index in [1.54, 1.807) is 0 Å². The van der Waals surface area contributed by atoms with Gasteiger partial charge in [-0.25, -0.2) is 0 Å². The maximum atomic E-state index is 9.03. The van der Waals surface area contributed by atoms with Crippen LogP contribution in [0.2, 0.25) is 0 Å². The third-order valence-corrected chi connectivity index (χ3v) is 4.24. The van der Waals surface area contributed by atoms with Gasteiger partial charge in [-0.2, -0.15) is 0 Å². The largest absolute Gasteiger partial charge is 0.395 e. The van der Waals surface area contributed by atoms with Crippen LogP contribution in [0.5, 0.6) is 0 Å². The van der Waals surface area contributed by atoms with Crippen molar-refractivity contribution in [1.29, 1.82) is 0 Å². The molecular weight excluding hydrogens is 262 g/mol. The Morgan fingerprint density at radius 1 is 1.29 bits per heavy atom. The Hall–Kier alpha value is -0.970. The van der Waals surface area contributed by atoms with E-state index in [9.17, 15) is 0 Å². The second kappa shape index (κ2) is 6.86. The first-order valence-corrected chi connectivity index (χ1v) is 7.93. The van der Waals surface area contributed by atoms with E-state index in [-0.39, 0.29) is 12.0 Å². The van der Waals surface area contributed by atoms with Gasteiger partial charge in [0.2, 0.25) is 0 Å². The molecule has 118 valence electrons. The Morgan fingerprint density at radius 2 is 2.05 bits per heavy atom. The molecule has 1 saturated heterocycles. The summed E-state index contributed by atoms with van der Waals surface area (Å²) in [6.07, 6.45) is 2.02. The van der Waals surface area contributed by atoms with Crippen LogP contribution in [0.25, 0.3) is 0 Å². The highest BCUT2D eigenvalue weighted by Gasteiger charge is 2.23. The molecule has 0 bridgehead atoms. The third-order valence-electron chi connectivity index (χ3n) is 4.24. The molecular formula is C17H29N3O. The molecule has 0 radical (unpaired) electrons. The molecule has 4 heteroatoms. The molecule has 1 aromatic rings. The molecule has 0 unspecified atom stereocenters. The van der Waals surface area contributed by atoms with Crippen molar-refractivity contribution in [3.63, 3.8) is 0 Å². The van der Waals surface area contributed by atoms with Crippen LogP contribution in [-0.2, 0) is 12.0 Å². The molecule has 2 rings (SSSR count). The first-order chi connectivity index (χ1) is 9.90. The molecule has 2 heterocycles. The minimum absolute atomic E-state index is 0.113. The third kappa shape index (κ3) is 4.50. The molecule has 21 heavy (non-hydrogen) atoms. The summed E-state index contributed by atoms with van der Waals surface area (Å²) in [6.45, 7) is 14.0. The van der Waals surface area contributed by atoms with Crippen molar-refractivity contribution in [3.8, 4) is 0 Å². The maximum Gasteiger partial charge on any atom is 0.0558 e. The minimum atomic E-state index is 0.113. The SMILES string of the molecule is C[C@@H]1CN(CCO)CCN1Cc1ccc(C(C)(C)C)nc1. The van der Waals surface area contributed by atoms with E-state index in [2.05, 4.69) is 54.6 Å². The van der Waals surface area contributed by atoms with Crippen LogP contribution in [-0.4, -0.2) is 58.7 Å². The van der Waals surface area contributed by atoms with Crippen molar-refractivity contribution in [1.82, 2.24) is 14.8 Å². The molecule has 1 fully saturated rings. The molecule has 1 aromatic heterocycles. The highest BCUT2D eigenvalue weighted by molar-refractivity contribution is 5.19. The lowest BCUT2D eigenvalue weighted by Gasteiger charge is -2.39. The Bertz CT molecular complexity index is 438. The summed E-state index contributed by atoms with van der Waals surface area (Å²) in [5.41, 5.74) is 2.54. The summed E-state index contributed by atoms with van der Waals surface area (Å²) in [7, 11) is 0. The zero-order chi connectivity index (χ0) is 15.5. The first kappa shape index (κ1) is 16.4. The van der Waals surface area contributed by atoms with Crippen molar-refractivity contribution in [3.05, 3.63) is 29.6 Å². The molecule has 1 aliphatic heterocycles. The normalized spacial score (nSPS) is 21.7. The second-order valence-electron chi connectivity index (χ2n) is 7.15. The van der Waals surface area contributed by atoms with E-state index in [1.807, 2.05) is 6.20 Å². The van der Waals surface area contributed by atoms with Gasteiger partial charge in [-0.05, 0) is 18.6 Å². The van der Waals surface area contributed by atoms with E-state index in [1.165, 1.54) is 5.56 Å². The van der Waals surface area contributed by atoms with E-state index in [0.29, 0.717) is 6.04 Å². The predicted molar refractivity (Wildman–Crippen MR) is 86.3 cm³/mol. The number of piperazine rings is 1. The number of rotatable bonds is 4. The maximum absolute atomic E-state index is 9.03. The molecule has 1 aliphatic rings. The lowest BCUT2D eigenvalue weighted by atomic mass is 9.91. The number of pyridine rings is 1. The van der Waals surface area contributed by atoms with Crippen LogP contribution in [0, 0.1) is 0 Å². The summed E-state index contributed by atoms with van der Waals surface area (Å²) in [5, 5.41) is 9.03. The van der Waals surface area contributed by atoms with Crippen LogP contribution in [0.15, 0.2) is 18.3 Å². The van der Waals surface area contributed by atoms with Gasteiger partial charge in [-0.1, -0.05) is 26.8 Å². The summed E-state index contributed by atoms with van der Waals surface area (Å²) in [5.74, 6) is 0. The summed E-state index contributed by atoms with van der Waals surface area (Å²) >= 11 is 0. The zero-order valence-corrected chi connectivity index (χ0v) is 13.8. The molecule has 0 amide bonds. The topological polar surface area (TPSA) is 39.6 Å². The highest BCUT2D eigenvalue weighted by atomic mass is 16.3. The lowest BCUT2D eigenvalue weighted by molar-refractivity contribution is 0.0663. The number of hydrogen-bond acceptors (Lipinski definition) is 4. The summed E-state index contributed by atoms with van der Waals surface area (Å²) < 4.78 is 0. The Balaban J connectivity index is 1.93. The van der Waals surface area contributed by atoms with Gasteiger partial charge >= 0.3 is 0 Å². The lowest BCUT2D eigenvalue weighted by Crippen LogP contribution is -2.51. The Labute approximate surface area is 128 Å². The van der Waals surface area contributed by atoms with E-state index in [4.69, 9.17) is 5.11 Å². The van der Waals surface area contributed by atoms with Crippen LogP contribution >= 0.6 is 0 Å². The van der Waals surface area contributed by atoms with Gasteiger partial charge < -0.3 is 5.11 Å². The molecule has 4 nitrogen and oxygen atoms in total. The molecule has 1 atom stereocenters. The molecule has 1 N–H and O–H groups in total. The van der Waals surface area contributed by atoms with Gasteiger partial charge in [-0.15, -0.1) is 0 Å². The van der Waals surface area contributed by atoms with Crippen LogP contribution in [0.4, 0.5) is 0 Å². The van der Waals surface area contributed by atoms with Crippen molar-refractivity contribution in [2.24, 2.45) is 0 Å². The molecule has 0 aliphatic carbocycles. The summed E-state index contributed by atoms with van der Waals surface area (Å²) in [4.78, 5) is 9.45. The monoisotopic (exact) mass is 291 g/mol. The molecule has 0 spiro atoms. The van der Waals surface area contributed by atoms with Crippen molar-refractivity contribution in [2.45, 2.75) is 45.7 Å². The van der Waals surface area contributed by atoms with Crippen LogP contribution in [0.1, 0.15) is 39.0 Å². The standard InChI is InChI=1S/C17H29N3O/c1-14-12-19(9-10-21)7-8-20(14)13-15-5-6-16(18-11-15)17(2,3)4/h5-6,11,14,21H,7-10,12-13H2,1-4H3/t14-/m1/s1. The fraction of sp³-hybridized carbons (Fsp3) is 0.706. The number of aromatic nitrogens is 1. The number of aliphatic hydroxyl groups excluding tert-OH is 1. The van der Waals surface area contributed by atoms with Crippen molar-refractivity contribution in [2.75, 3.05) is 32.8 Å². The van der Waals surface area contributed by atoms with E-state index >= 15 is 0 Å². The van der Waals surface area contributed by atoms with Gasteiger partial charge in [-0.3, -0.25) is 14.8 Å². The number of hydrogen-bond donors (Lipinski definition) is 1. The smallest absolute Gasteiger partial charge is 0.0558 e. The van der Waals surface area contributed by atoms with Crippen LogP contribution < -0.4 is 0 Å². The Kier molecular flexibility index (Phi) is 5.36. The quantitative estimate of drug-likeness (QED) is 0.919. The number of nitrogens with zero attached hydrogens (tertiary/aromatic N) is 3. The van der Waals surface area contributed by atoms with Gasteiger partial charge in [0.25, 0.3) is 0 Å². The fourth-order valence-corrected chi connectivity index (χ4v) is 2.85. The summed E-state index contributed by atoms with van der Waals surface area (Å²) in [6, 6.07) is 4.88. The Morgan fingerprint density at radius 3 is 2.57 bits per heavy atom. The second-order valence-corrected chi connectivity index (χ2v) is 7.15. The fourth-order valence-electron chi connectivity index (χ4n) is 2.85. The van der Waals surface area contributed by atoms with Gasteiger partial charge in [0.05, 0.1) is 6.61 Å². The van der Waals surface area contributed by atoms with Crippen molar-refractivity contribution < 1.29 is 5.11 Å². The van der Waals surface area contributed by atoms with E-state index in [0.717, 1.165) is 38.4 Å². The number of β-amino-alcohol motifs (C(OH)–C–C–N with tert-alkyl or cyclic N) is 1. The zero-order valence-electron chi connectivity index (χ0n) is 13.8. The van der Waals surface area contributed by atoms with Crippen LogP contribution in [0.3, 0.4) is 0 Å². The highest BCUT2D eigenvalue weighted by Crippen LogP contribution is 2.20. The number of aliphatic hydroxyl groups is 1. The van der Waals surface area contributed by atoms with Gasteiger partial charge in [0.15, 0.2) is 0 Å².